The standard InChI is InChI=1S/C16H19NO2S/c1-16(2,10-7-8-10)17-9-12-11-5-3-4-6-13(11)20-14(12)15(18)19/h3-6,10,17H,7-9H2,1-2H3,(H,18,19). The number of carboxylic acids is 1. The highest BCUT2D eigenvalue weighted by Crippen LogP contribution is 2.40. The van der Waals surface area contributed by atoms with Gasteiger partial charge < -0.3 is 10.4 Å². The van der Waals surface area contributed by atoms with E-state index in [1.54, 1.807) is 0 Å². The van der Waals surface area contributed by atoms with Crippen molar-refractivity contribution in [2.45, 2.75) is 38.8 Å². The van der Waals surface area contributed by atoms with E-state index >= 15 is 0 Å². The molecule has 0 spiro atoms. The van der Waals surface area contributed by atoms with Crippen molar-refractivity contribution in [3.8, 4) is 0 Å². The van der Waals surface area contributed by atoms with Gasteiger partial charge in [-0.3, -0.25) is 0 Å². The van der Waals surface area contributed by atoms with Crippen LogP contribution < -0.4 is 5.32 Å². The Bertz CT molecular complexity index is 656. The molecular weight excluding hydrogens is 270 g/mol. The molecule has 2 N–H and O–H groups in total. The largest absolute Gasteiger partial charge is 0.477 e. The first-order valence-electron chi connectivity index (χ1n) is 6.98. The van der Waals surface area contributed by atoms with Crippen LogP contribution in [0.4, 0.5) is 0 Å². The van der Waals surface area contributed by atoms with E-state index in [2.05, 4.69) is 19.2 Å². The molecule has 4 heteroatoms. The van der Waals surface area contributed by atoms with E-state index in [0.29, 0.717) is 11.4 Å². The molecule has 2 aromatic rings. The minimum Gasteiger partial charge on any atom is -0.477 e. The number of carboxylic acid groups (broad SMARTS) is 1. The topological polar surface area (TPSA) is 49.3 Å². The molecule has 0 unspecified atom stereocenters. The second-order valence-corrected chi connectivity index (χ2v) is 7.11. The van der Waals surface area contributed by atoms with Gasteiger partial charge in [0.1, 0.15) is 4.88 Å². The molecule has 3 nitrogen and oxygen atoms in total. The summed E-state index contributed by atoms with van der Waals surface area (Å²) in [6, 6.07) is 7.92. The number of carbonyl (C=O) groups is 1. The van der Waals surface area contributed by atoms with Crippen LogP contribution >= 0.6 is 11.3 Å². The van der Waals surface area contributed by atoms with Gasteiger partial charge in [-0.1, -0.05) is 18.2 Å². The van der Waals surface area contributed by atoms with E-state index in [1.807, 2.05) is 24.3 Å². The average Bonchev–Trinajstić information content (AvgIpc) is 3.19. The highest BCUT2D eigenvalue weighted by Gasteiger charge is 2.37. The lowest BCUT2D eigenvalue weighted by atomic mass is 9.98. The Morgan fingerprint density at radius 3 is 2.75 bits per heavy atom. The molecule has 1 aromatic heterocycles. The van der Waals surface area contributed by atoms with E-state index in [0.717, 1.165) is 21.6 Å². The summed E-state index contributed by atoms with van der Waals surface area (Å²) in [4.78, 5) is 11.9. The molecule has 0 aliphatic heterocycles. The molecule has 0 radical (unpaired) electrons. The Labute approximate surface area is 122 Å². The van der Waals surface area contributed by atoms with Crippen molar-refractivity contribution in [3.05, 3.63) is 34.7 Å². The van der Waals surface area contributed by atoms with Crippen LogP contribution in [-0.2, 0) is 6.54 Å². The number of nitrogens with one attached hydrogen (secondary N) is 1. The summed E-state index contributed by atoms with van der Waals surface area (Å²) in [7, 11) is 0. The Morgan fingerprint density at radius 2 is 2.10 bits per heavy atom. The summed E-state index contributed by atoms with van der Waals surface area (Å²) in [5.41, 5.74) is 1.01. The van der Waals surface area contributed by atoms with Crippen molar-refractivity contribution in [1.29, 1.82) is 0 Å². The van der Waals surface area contributed by atoms with Gasteiger partial charge in [0.15, 0.2) is 0 Å². The van der Waals surface area contributed by atoms with Gasteiger partial charge in [0.05, 0.1) is 0 Å². The van der Waals surface area contributed by atoms with Crippen LogP contribution in [0.15, 0.2) is 24.3 Å². The van der Waals surface area contributed by atoms with Gasteiger partial charge in [-0.25, -0.2) is 4.79 Å². The summed E-state index contributed by atoms with van der Waals surface area (Å²) in [5, 5.41) is 14.0. The van der Waals surface area contributed by atoms with Crippen molar-refractivity contribution in [2.24, 2.45) is 5.92 Å². The molecule has 106 valence electrons. The SMILES string of the molecule is CC(C)(NCc1c(C(=O)O)sc2ccccc12)C1CC1. The lowest BCUT2D eigenvalue weighted by molar-refractivity contribution is 0.0701. The Balaban J connectivity index is 1.92. The van der Waals surface area contributed by atoms with Crippen molar-refractivity contribution in [2.75, 3.05) is 0 Å². The van der Waals surface area contributed by atoms with Gasteiger partial charge in [0.25, 0.3) is 0 Å². The van der Waals surface area contributed by atoms with Crippen molar-refractivity contribution in [3.63, 3.8) is 0 Å². The number of rotatable bonds is 5. The zero-order chi connectivity index (χ0) is 14.3. The molecule has 1 aliphatic rings. The molecule has 1 heterocycles. The molecule has 3 rings (SSSR count). The van der Waals surface area contributed by atoms with Crippen LogP contribution in [0.2, 0.25) is 0 Å². The number of hydrogen-bond donors (Lipinski definition) is 2. The van der Waals surface area contributed by atoms with Crippen molar-refractivity contribution >= 4 is 27.4 Å². The molecule has 0 saturated heterocycles. The third-order valence-electron chi connectivity index (χ3n) is 4.21. The van der Waals surface area contributed by atoms with E-state index in [4.69, 9.17) is 0 Å². The van der Waals surface area contributed by atoms with Crippen molar-refractivity contribution in [1.82, 2.24) is 5.32 Å². The van der Waals surface area contributed by atoms with Gasteiger partial charge in [-0.05, 0) is 49.6 Å². The summed E-state index contributed by atoms with van der Waals surface area (Å²) in [5.74, 6) is -0.104. The molecule has 0 amide bonds. The summed E-state index contributed by atoms with van der Waals surface area (Å²) in [6.07, 6.45) is 2.55. The third-order valence-corrected chi connectivity index (χ3v) is 5.41. The lowest BCUT2D eigenvalue weighted by Crippen LogP contribution is -2.40. The molecule has 1 aromatic carbocycles. The lowest BCUT2D eigenvalue weighted by Gasteiger charge is -2.26. The third kappa shape index (κ3) is 2.45. The Morgan fingerprint density at radius 1 is 1.40 bits per heavy atom. The fourth-order valence-corrected chi connectivity index (χ4v) is 3.77. The highest BCUT2D eigenvalue weighted by molar-refractivity contribution is 7.21. The van der Waals surface area contributed by atoms with E-state index in [9.17, 15) is 9.90 Å². The van der Waals surface area contributed by atoms with E-state index in [-0.39, 0.29) is 5.54 Å². The molecule has 1 aliphatic carbocycles. The maximum atomic E-state index is 11.4. The summed E-state index contributed by atoms with van der Waals surface area (Å²) < 4.78 is 1.05. The number of aromatic carboxylic acids is 1. The first kappa shape index (κ1) is 13.6. The minimum absolute atomic E-state index is 0.0822. The van der Waals surface area contributed by atoms with E-state index < -0.39 is 5.97 Å². The molecule has 0 atom stereocenters. The fourth-order valence-electron chi connectivity index (χ4n) is 2.71. The predicted octanol–water partition coefficient (Wildman–Crippen LogP) is 3.88. The molecule has 1 saturated carbocycles. The second-order valence-electron chi connectivity index (χ2n) is 6.06. The van der Waals surface area contributed by atoms with Crippen LogP contribution in [-0.4, -0.2) is 16.6 Å². The average molecular weight is 289 g/mol. The van der Waals surface area contributed by atoms with Crippen LogP contribution in [0.1, 0.15) is 41.9 Å². The van der Waals surface area contributed by atoms with Crippen LogP contribution in [0.25, 0.3) is 10.1 Å². The molecule has 1 fully saturated rings. The Hall–Kier alpha value is -1.39. The molecule has 0 bridgehead atoms. The number of fused-ring (bicyclic) bond motifs is 1. The van der Waals surface area contributed by atoms with Crippen LogP contribution in [0.5, 0.6) is 0 Å². The number of benzene rings is 1. The van der Waals surface area contributed by atoms with Gasteiger partial charge in [-0.15, -0.1) is 11.3 Å². The maximum absolute atomic E-state index is 11.4. The second kappa shape index (κ2) is 4.86. The summed E-state index contributed by atoms with van der Waals surface area (Å²) in [6.45, 7) is 5.04. The van der Waals surface area contributed by atoms with Crippen LogP contribution in [0.3, 0.4) is 0 Å². The van der Waals surface area contributed by atoms with Crippen molar-refractivity contribution < 1.29 is 9.90 Å². The Kier molecular flexibility index (Phi) is 3.30. The normalized spacial score (nSPS) is 15.7. The quantitative estimate of drug-likeness (QED) is 0.878. The predicted molar refractivity (Wildman–Crippen MR) is 82.4 cm³/mol. The van der Waals surface area contributed by atoms with Gasteiger partial charge in [0.2, 0.25) is 0 Å². The first-order chi connectivity index (χ1) is 9.49. The van der Waals surface area contributed by atoms with Gasteiger partial charge in [0, 0.05) is 16.8 Å². The van der Waals surface area contributed by atoms with E-state index in [1.165, 1.54) is 24.2 Å². The minimum atomic E-state index is -0.827. The molecular formula is C16H19NO2S. The number of hydrogen-bond acceptors (Lipinski definition) is 3. The smallest absolute Gasteiger partial charge is 0.346 e. The fraction of sp³-hybridized carbons (Fsp3) is 0.438. The van der Waals surface area contributed by atoms with Crippen LogP contribution in [0, 0.1) is 5.92 Å². The van der Waals surface area contributed by atoms with Gasteiger partial charge in [-0.2, -0.15) is 0 Å². The monoisotopic (exact) mass is 289 g/mol. The maximum Gasteiger partial charge on any atom is 0.346 e. The zero-order valence-corrected chi connectivity index (χ0v) is 12.6. The highest BCUT2D eigenvalue weighted by atomic mass is 32.1. The summed E-state index contributed by atoms with van der Waals surface area (Å²) >= 11 is 1.37. The zero-order valence-electron chi connectivity index (χ0n) is 11.8. The first-order valence-corrected chi connectivity index (χ1v) is 7.79. The number of thiophene rings is 1. The molecule has 20 heavy (non-hydrogen) atoms. The van der Waals surface area contributed by atoms with Gasteiger partial charge >= 0.3 is 5.97 Å².